The van der Waals surface area contributed by atoms with E-state index in [9.17, 15) is 0 Å². The summed E-state index contributed by atoms with van der Waals surface area (Å²) in [6.07, 6.45) is 7.37. The second kappa shape index (κ2) is 6.14. The Morgan fingerprint density at radius 3 is 2.41 bits per heavy atom. The van der Waals surface area contributed by atoms with E-state index < -0.39 is 0 Å². The van der Waals surface area contributed by atoms with E-state index in [1.54, 1.807) is 11.8 Å². The first-order chi connectivity index (χ1) is 8.28. The first-order valence-electron chi connectivity index (χ1n) is 6.11. The van der Waals surface area contributed by atoms with Crippen LogP contribution >= 0.6 is 27.7 Å². The summed E-state index contributed by atoms with van der Waals surface area (Å²) < 4.78 is 5.94. The van der Waals surface area contributed by atoms with Crippen LogP contribution in [0.25, 0.3) is 0 Å². The zero-order valence-corrected chi connectivity index (χ0v) is 12.6. The van der Waals surface area contributed by atoms with Crippen LogP contribution in [0.15, 0.2) is 29.2 Å². The lowest BCUT2D eigenvalue weighted by Crippen LogP contribution is -2.26. The van der Waals surface area contributed by atoms with Gasteiger partial charge in [-0.25, -0.2) is 0 Å². The van der Waals surface area contributed by atoms with Crippen LogP contribution in [0.2, 0.25) is 0 Å². The summed E-state index contributed by atoms with van der Waals surface area (Å²) in [6, 6.07) is 8.39. The van der Waals surface area contributed by atoms with Gasteiger partial charge in [0.25, 0.3) is 0 Å². The highest BCUT2D eigenvalue weighted by atomic mass is 79.9. The maximum absolute atomic E-state index is 5.94. The van der Waals surface area contributed by atoms with E-state index in [-0.39, 0.29) is 0 Å². The number of halogens is 1. The highest BCUT2D eigenvalue weighted by molar-refractivity contribution is 9.09. The molecular weight excluding hydrogens is 296 g/mol. The number of hydrogen-bond donors (Lipinski definition) is 0. The maximum Gasteiger partial charge on any atom is 0.119 e. The lowest BCUT2D eigenvalue weighted by atomic mass is 9.90. The van der Waals surface area contributed by atoms with Gasteiger partial charge in [0.2, 0.25) is 0 Å². The van der Waals surface area contributed by atoms with Gasteiger partial charge in [0.05, 0.1) is 6.61 Å². The molecule has 17 heavy (non-hydrogen) atoms. The highest BCUT2D eigenvalue weighted by Gasteiger charge is 2.33. The molecule has 94 valence electrons. The molecule has 0 bridgehead atoms. The molecule has 0 amide bonds. The van der Waals surface area contributed by atoms with Gasteiger partial charge >= 0.3 is 0 Å². The molecule has 0 N–H and O–H groups in total. The van der Waals surface area contributed by atoms with Crippen molar-refractivity contribution in [3.8, 4) is 5.75 Å². The Balaban J connectivity index is 1.92. The first-order valence-corrected chi connectivity index (χ1v) is 8.45. The van der Waals surface area contributed by atoms with Crippen LogP contribution in [0.4, 0.5) is 0 Å². The van der Waals surface area contributed by atoms with Crippen LogP contribution in [-0.2, 0) is 0 Å². The number of rotatable bonds is 5. The van der Waals surface area contributed by atoms with Crippen LogP contribution in [0.1, 0.15) is 25.7 Å². The average Bonchev–Trinajstić information content (AvgIpc) is 2.86. The summed E-state index contributed by atoms with van der Waals surface area (Å²) in [6.45, 7) is 0.844. The molecule has 0 radical (unpaired) electrons. The van der Waals surface area contributed by atoms with Crippen molar-refractivity contribution in [3.05, 3.63) is 24.3 Å². The monoisotopic (exact) mass is 314 g/mol. The van der Waals surface area contributed by atoms with Crippen molar-refractivity contribution in [2.75, 3.05) is 18.2 Å². The van der Waals surface area contributed by atoms with Gasteiger partial charge < -0.3 is 4.74 Å². The molecule has 1 aromatic rings. The molecule has 3 heteroatoms. The second-order valence-corrected chi connectivity index (χ2v) is 6.25. The smallest absolute Gasteiger partial charge is 0.119 e. The molecule has 2 rings (SSSR count). The van der Waals surface area contributed by atoms with Crippen molar-refractivity contribution in [2.24, 2.45) is 5.41 Å². The van der Waals surface area contributed by atoms with E-state index in [1.165, 1.54) is 30.6 Å². The minimum absolute atomic E-state index is 0.373. The highest BCUT2D eigenvalue weighted by Crippen LogP contribution is 2.40. The van der Waals surface area contributed by atoms with Crippen molar-refractivity contribution in [1.82, 2.24) is 0 Å². The molecule has 0 spiro atoms. The van der Waals surface area contributed by atoms with E-state index in [0.29, 0.717) is 5.41 Å². The summed E-state index contributed by atoms with van der Waals surface area (Å²) in [7, 11) is 0. The number of thioether (sulfide) groups is 1. The molecule has 1 nitrogen and oxygen atoms in total. The van der Waals surface area contributed by atoms with Gasteiger partial charge in [-0.05, 0) is 43.4 Å². The predicted molar refractivity (Wildman–Crippen MR) is 78.4 cm³/mol. The average molecular weight is 315 g/mol. The van der Waals surface area contributed by atoms with Crippen molar-refractivity contribution < 1.29 is 4.74 Å². The molecule has 1 aliphatic rings. The van der Waals surface area contributed by atoms with Crippen LogP contribution in [0.5, 0.6) is 5.75 Å². The van der Waals surface area contributed by atoms with Gasteiger partial charge in [0, 0.05) is 15.6 Å². The van der Waals surface area contributed by atoms with Gasteiger partial charge in [-0.1, -0.05) is 28.8 Å². The Bertz CT molecular complexity index is 344. The fourth-order valence-electron chi connectivity index (χ4n) is 2.35. The Labute approximate surface area is 116 Å². The van der Waals surface area contributed by atoms with Crippen LogP contribution in [0, 0.1) is 5.41 Å². The molecular formula is C14H19BrOS. The molecule has 1 saturated carbocycles. The quantitative estimate of drug-likeness (QED) is 0.573. The third-order valence-corrected chi connectivity index (χ3v) is 5.49. The van der Waals surface area contributed by atoms with E-state index >= 15 is 0 Å². The van der Waals surface area contributed by atoms with E-state index in [4.69, 9.17) is 4.74 Å². The molecule has 0 unspecified atom stereocenters. The van der Waals surface area contributed by atoms with E-state index in [0.717, 1.165) is 17.7 Å². The van der Waals surface area contributed by atoms with Crippen LogP contribution < -0.4 is 4.74 Å². The fourth-order valence-corrected chi connectivity index (χ4v) is 3.48. The predicted octanol–water partition coefficient (Wildman–Crippen LogP) is 4.74. The number of benzene rings is 1. The summed E-state index contributed by atoms with van der Waals surface area (Å²) in [4.78, 5) is 1.29. The molecule has 1 aliphatic carbocycles. The third-order valence-electron chi connectivity index (χ3n) is 3.55. The molecule has 1 aromatic carbocycles. The number of alkyl halides is 1. The molecule has 1 fully saturated rings. The van der Waals surface area contributed by atoms with Gasteiger partial charge in [0.1, 0.15) is 5.75 Å². The number of ether oxygens (including phenoxy) is 1. The minimum Gasteiger partial charge on any atom is -0.493 e. The molecule has 0 atom stereocenters. The van der Waals surface area contributed by atoms with Crippen molar-refractivity contribution >= 4 is 27.7 Å². The van der Waals surface area contributed by atoms with Crippen molar-refractivity contribution in [1.29, 1.82) is 0 Å². The SMILES string of the molecule is CSc1ccc(OCC2(CBr)CCCC2)cc1. The Morgan fingerprint density at radius 1 is 1.24 bits per heavy atom. The Kier molecular flexibility index (Phi) is 4.80. The zero-order chi connectivity index (χ0) is 12.1. The zero-order valence-electron chi connectivity index (χ0n) is 10.2. The third kappa shape index (κ3) is 3.41. The largest absolute Gasteiger partial charge is 0.493 e. The fraction of sp³-hybridized carbons (Fsp3) is 0.571. The van der Waals surface area contributed by atoms with E-state index in [2.05, 4.69) is 46.5 Å². The van der Waals surface area contributed by atoms with Crippen molar-refractivity contribution in [3.63, 3.8) is 0 Å². The van der Waals surface area contributed by atoms with Crippen LogP contribution in [-0.4, -0.2) is 18.2 Å². The summed E-state index contributed by atoms with van der Waals surface area (Å²) in [5.74, 6) is 0.995. The van der Waals surface area contributed by atoms with Gasteiger partial charge in [-0.2, -0.15) is 0 Å². The Hall–Kier alpha value is -0.150. The first kappa shape index (κ1) is 13.3. The molecule has 0 aliphatic heterocycles. The Morgan fingerprint density at radius 2 is 1.88 bits per heavy atom. The molecule has 0 aromatic heterocycles. The lowest BCUT2D eigenvalue weighted by molar-refractivity contribution is 0.174. The minimum atomic E-state index is 0.373. The normalized spacial score (nSPS) is 18.2. The van der Waals surface area contributed by atoms with Gasteiger partial charge in [0.15, 0.2) is 0 Å². The topological polar surface area (TPSA) is 9.23 Å². The van der Waals surface area contributed by atoms with E-state index in [1.807, 2.05) is 0 Å². The summed E-state index contributed by atoms with van der Waals surface area (Å²) >= 11 is 5.41. The maximum atomic E-state index is 5.94. The summed E-state index contributed by atoms with van der Waals surface area (Å²) in [5, 5.41) is 1.06. The lowest BCUT2D eigenvalue weighted by Gasteiger charge is -2.26. The van der Waals surface area contributed by atoms with Gasteiger partial charge in [-0.3, -0.25) is 0 Å². The molecule has 0 saturated heterocycles. The standard InChI is InChI=1S/C14H19BrOS/c1-17-13-6-4-12(5-7-13)16-11-14(10-15)8-2-3-9-14/h4-7H,2-3,8-11H2,1H3. The van der Waals surface area contributed by atoms with Crippen LogP contribution in [0.3, 0.4) is 0 Å². The van der Waals surface area contributed by atoms with Crippen molar-refractivity contribution in [2.45, 2.75) is 30.6 Å². The van der Waals surface area contributed by atoms with Gasteiger partial charge in [-0.15, -0.1) is 11.8 Å². The molecule has 0 heterocycles. The number of hydrogen-bond acceptors (Lipinski definition) is 2. The summed E-state index contributed by atoms with van der Waals surface area (Å²) in [5.41, 5.74) is 0.373. The second-order valence-electron chi connectivity index (χ2n) is 4.80.